The lowest BCUT2D eigenvalue weighted by atomic mass is 10.2. The third-order valence-electron chi connectivity index (χ3n) is 3.37. The number of nitrogens with one attached hydrogen (secondary N) is 1. The van der Waals surface area contributed by atoms with Gasteiger partial charge in [-0.2, -0.15) is 4.68 Å². The standard InChI is InChI=1S/C16H13BrClN5O/c1-10(19-16(24)11-4-2-6-13(18)8-11)15-20-21-22-23(15)14-7-3-5-12(17)9-14/h2-10H,1H3,(H,19,24). The van der Waals surface area contributed by atoms with Crippen LogP contribution in [0.5, 0.6) is 0 Å². The fraction of sp³-hybridized carbons (Fsp3) is 0.125. The van der Waals surface area contributed by atoms with Gasteiger partial charge in [0, 0.05) is 15.1 Å². The Balaban J connectivity index is 1.83. The maximum Gasteiger partial charge on any atom is 0.251 e. The Kier molecular flexibility index (Phi) is 4.92. The smallest absolute Gasteiger partial charge is 0.251 e. The highest BCUT2D eigenvalue weighted by molar-refractivity contribution is 9.10. The van der Waals surface area contributed by atoms with Crippen LogP contribution >= 0.6 is 27.5 Å². The van der Waals surface area contributed by atoms with Gasteiger partial charge in [0.2, 0.25) is 0 Å². The van der Waals surface area contributed by atoms with Crippen molar-refractivity contribution >= 4 is 33.4 Å². The maximum absolute atomic E-state index is 12.3. The minimum atomic E-state index is -0.384. The SMILES string of the molecule is CC(NC(=O)c1cccc(Cl)c1)c1nnnn1-c1cccc(Br)c1. The number of benzene rings is 2. The summed E-state index contributed by atoms with van der Waals surface area (Å²) in [5.41, 5.74) is 1.28. The Morgan fingerprint density at radius 1 is 1.25 bits per heavy atom. The first-order valence-electron chi connectivity index (χ1n) is 7.15. The van der Waals surface area contributed by atoms with E-state index in [0.717, 1.165) is 10.2 Å². The van der Waals surface area contributed by atoms with Gasteiger partial charge < -0.3 is 5.32 Å². The normalized spacial score (nSPS) is 12.0. The second-order valence-corrected chi connectivity index (χ2v) is 6.49. The predicted molar refractivity (Wildman–Crippen MR) is 94.2 cm³/mol. The van der Waals surface area contributed by atoms with Gasteiger partial charge in [0.05, 0.1) is 11.7 Å². The molecule has 2 aromatic carbocycles. The minimum Gasteiger partial charge on any atom is -0.342 e. The molecule has 0 saturated carbocycles. The van der Waals surface area contributed by atoms with Crippen LogP contribution in [0.25, 0.3) is 5.69 Å². The van der Waals surface area contributed by atoms with Crippen LogP contribution in [0.15, 0.2) is 53.0 Å². The van der Waals surface area contributed by atoms with E-state index in [4.69, 9.17) is 11.6 Å². The van der Waals surface area contributed by atoms with E-state index in [0.29, 0.717) is 16.4 Å². The molecule has 1 heterocycles. The lowest BCUT2D eigenvalue weighted by Gasteiger charge is -2.14. The fourth-order valence-electron chi connectivity index (χ4n) is 2.23. The van der Waals surface area contributed by atoms with Gasteiger partial charge in [-0.05, 0) is 53.7 Å². The number of rotatable bonds is 4. The molecule has 0 fully saturated rings. The molecular formula is C16H13BrClN5O. The fourth-order valence-corrected chi connectivity index (χ4v) is 2.81. The van der Waals surface area contributed by atoms with Gasteiger partial charge in [-0.1, -0.05) is 39.7 Å². The van der Waals surface area contributed by atoms with E-state index < -0.39 is 0 Å². The molecule has 1 N–H and O–H groups in total. The van der Waals surface area contributed by atoms with Crippen molar-refractivity contribution in [3.63, 3.8) is 0 Å². The van der Waals surface area contributed by atoms with Crippen LogP contribution < -0.4 is 5.32 Å². The van der Waals surface area contributed by atoms with Gasteiger partial charge in [-0.25, -0.2) is 0 Å². The quantitative estimate of drug-likeness (QED) is 0.719. The summed E-state index contributed by atoms with van der Waals surface area (Å²) in [6.45, 7) is 1.82. The molecule has 0 aliphatic heterocycles. The van der Waals surface area contributed by atoms with E-state index in [2.05, 4.69) is 36.8 Å². The van der Waals surface area contributed by atoms with E-state index in [1.165, 1.54) is 0 Å². The molecule has 0 aliphatic rings. The zero-order valence-corrected chi connectivity index (χ0v) is 15.0. The van der Waals surface area contributed by atoms with Crippen LogP contribution in [0.3, 0.4) is 0 Å². The van der Waals surface area contributed by atoms with E-state index in [9.17, 15) is 4.79 Å². The number of aromatic nitrogens is 4. The minimum absolute atomic E-state index is 0.242. The second kappa shape index (κ2) is 7.11. The van der Waals surface area contributed by atoms with Crippen molar-refractivity contribution in [1.82, 2.24) is 25.5 Å². The molecule has 1 amide bonds. The van der Waals surface area contributed by atoms with Crippen molar-refractivity contribution in [2.75, 3.05) is 0 Å². The predicted octanol–water partition coefficient (Wildman–Crippen LogP) is 3.57. The average molecular weight is 407 g/mol. The molecule has 0 radical (unpaired) electrons. The lowest BCUT2D eigenvalue weighted by Crippen LogP contribution is -2.28. The Bertz CT molecular complexity index is 882. The van der Waals surface area contributed by atoms with Gasteiger partial charge in [-0.15, -0.1) is 5.10 Å². The highest BCUT2D eigenvalue weighted by atomic mass is 79.9. The van der Waals surface area contributed by atoms with Crippen LogP contribution in [-0.2, 0) is 0 Å². The molecule has 1 atom stereocenters. The van der Waals surface area contributed by atoms with Crippen LogP contribution in [0.4, 0.5) is 0 Å². The van der Waals surface area contributed by atoms with Gasteiger partial charge >= 0.3 is 0 Å². The molecule has 1 unspecified atom stereocenters. The number of amides is 1. The highest BCUT2D eigenvalue weighted by Gasteiger charge is 2.19. The summed E-state index contributed by atoms with van der Waals surface area (Å²) in [4.78, 5) is 12.3. The number of hydrogen-bond donors (Lipinski definition) is 1. The molecule has 0 aliphatic carbocycles. The Labute approximate surface area is 152 Å². The topological polar surface area (TPSA) is 72.7 Å². The summed E-state index contributed by atoms with van der Waals surface area (Å²) in [7, 11) is 0. The molecule has 24 heavy (non-hydrogen) atoms. The van der Waals surface area contributed by atoms with Crippen molar-refractivity contribution in [3.8, 4) is 5.69 Å². The summed E-state index contributed by atoms with van der Waals surface area (Å²) in [6, 6.07) is 14.0. The highest BCUT2D eigenvalue weighted by Crippen LogP contribution is 2.19. The van der Waals surface area contributed by atoms with Gasteiger partial charge in [-0.3, -0.25) is 4.79 Å². The Morgan fingerprint density at radius 2 is 2.04 bits per heavy atom. The third-order valence-corrected chi connectivity index (χ3v) is 4.10. The average Bonchev–Trinajstić information content (AvgIpc) is 3.04. The van der Waals surface area contributed by atoms with Gasteiger partial charge in [0.1, 0.15) is 0 Å². The van der Waals surface area contributed by atoms with E-state index in [-0.39, 0.29) is 11.9 Å². The molecule has 6 nitrogen and oxygen atoms in total. The summed E-state index contributed by atoms with van der Waals surface area (Å²) >= 11 is 9.35. The van der Waals surface area contributed by atoms with E-state index in [1.54, 1.807) is 28.9 Å². The van der Waals surface area contributed by atoms with Gasteiger partial charge in [0.15, 0.2) is 5.82 Å². The van der Waals surface area contributed by atoms with Crippen LogP contribution in [0, 0.1) is 0 Å². The van der Waals surface area contributed by atoms with E-state index >= 15 is 0 Å². The van der Waals surface area contributed by atoms with E-state index in [1.807, 2.05) is 31.2 Å². The molecule has 0 spiro atoms. The summed E-state index contributed by atoms with van der Waals surface area (Å²) in [5.74, 6) is 0.289. The number of nitrogens with zero attached hydrogens (tertiary/aromatic N) is 4. The monoisotopic (exact) mass is 405 g/mol. The molecule has 8 heteroatoms. The van der Waals surface area contributed by atoms with Crippen molar-refractivity contribution < 1.29 is 4.79 Å². The number of halogens is 2. The molecule has 122 valence electrons. The first-order valence-corrected chi connectivity index (χ1v) is 8.32. The second-order valence-electron chi connectivity index (χ2n) is 5.13. The lowest BCUT2D eigenvalue weighted by molar-refractivity contribution is 0.0938. The third kappa shape index (κ3) is 3.63. The number of carbonyl (C=O) groups is 1. The largest absolute Gasteiger partial charge is 0.342 e. The summed E-state index contributed by atoms with van der Waals surface area (Å²) in [5, 5.41) is 15.1. The molecule has 0 saturated heterocycles. The van der Waals surface area contributed by atoms with Crippen molar-refractivity contribution in [3.05, 3.63) is 69.4 Å². The van der Waals surface area contributed by atoms with Crippen LogP contribution in [0.1, 0.15) is 29.1 Å². The van der Waals surface area contributed by atoms with Gasteiger partial charge in [0.25, 0.3) is 5.91 Å². The zero-order chi connectivity index (χ0) is 17.1. The first-order chi connectivity index (χ1) is 11.5. The molecule has 1 aromatic heterocycles. The maximum atomic E-state index is 12.3. The Hall–Kier alpha value is -2.25. The summed E-state index contributed by atoms with van der Waals surface area (Å²) < 4.78 is 2.50. The zero-order valence-electron chi connectivity index (χ0n) is 12.6. The summed E-state index contributed by atoms with van der Waals surface area (Å²) in [6.07, 6.45) is 0. The first kappa shape index (κ1) is 16.6. The van der Waals surface area contributed by atoms with Crippen molar-refractivity contribution in [2.24, 2.45) is 0 Å². The van der Waals surface area contributed by atoms with Crippen LogP contribution in [-0.4, -0.2) is 26.1 Å². The number of tetrazole rings is 1. The Morgan fingerprint density at radius 3 is 2.79 bits per heavy atom. The molecule has 0 bridgehead atoms. The molecular weight excluding hydrogens is 394 g/mol. The van der Waals surface area contributed by atoms with Crippen molar-refractivity contribution in [2.45, 2.75) is 13.0 Å². The molecule has 3 aromatic rings. The number of carbonyl (C=O) groups excluding carboxylic acids is 1. The number of hydrogen-bond acceptors (Lipinski definition) is 4. The van der Waals surface area contributed by atoms with Crippen LogP contribution in [0.2, 0.25) is 5.02 Å². The molecule has 3 rings (SSSR count). The van der Waals surface area contributed by atoms with Crippen molar-refractivity contribution in [1.29, 1.82) is 0 Å².